The molecular weight excluding hydrogens is 324 g/mol. The molecule has 7 heteroatoms. The lowest BCUT2D eigenvalue weighted by molar-refractivity contribution is -0.118. The lowest BCUT2D eigenvalue weighted by Crippen LogP contribution is -2.24. The van der Waals surface area contributed by atoms with E-state index in [1.807, 2.05) is 16.7 Å². The maximum absolute atomic E-state index is 11.9. The number of carbonyl (C=O) groups is 1. The fourth-order valence-corrected chi connectivity index (χ4v) is 2.91. The molecule has 0 aliphatic carbocycles. The van der Waals surface area contributed by atoms with Crippen molar-refractivity contribution < 1.29 is 9.21 Å². The van der Waals surface area contributed by atoms with E-state index in [9.17, 15) is 4.79 Å². The first kappa shape index (κ1) is 16.3. The average Bonchev–Trinajstić information content (AvgIpc) is 3.25. The topological polar surface area (TPSA) is 73.0 Å². The highest BCUT2D eigenvalue weighted by atomic mass is 32.2. The minimum atomic E-state index is -0.0777. The molecule has 24 heavy (non-hydrogen) atoms. The van der Waals surface area contributed by atoms with Crippen molar-refractivity contribution in [3.8, 4) is 5.69 Å². The summed E-state index contributed by atoms with van der Waals surface area (Å²) in [5, 5.41) is 11.6. The number of hydrogen-bond acceptors (Lipinski definition) is 5. The van der Waals surface area contributed by atoms with Gasteiger partial charge in [-0.3, -0.25) is 9.36 Å². The van der Waals surface area contributed by atoms with E-state index >= 15 is 0 Å². The molecule has 0 radical (unpaired) electrons. The molecule has 2 aromatic heterocycles. The van der Waals surface area contributed by atoms with Crippen LogP contribution in [0.1, 0.15) is 16.9 Å². The Kier molecular flexibility index (Phi) is 5.00. The number of nitrogens with one attached hydrogen (secondary N) is 1. The molecule has 1 aromatic carbocycles. The van der Waals surface area contributed by atoms with Crippen molar-refractivity contribution in [1.82, 2.24) is 20.1 Å². The highest BCUT2D eigenvalue weighted by Gasteiger charge is 2.11. The SMILES string of the molecule is Cc1ccc(-n2cnnc2SCC(=O)NCc2ccco2)cc1C. The number of amides is 1. The van der Waals surface area contributed by atoms with Crippen LogP contribution in [0.3, 0.4) is 0 Å². The number of nitrogens with zero attached hydrogens (tertiary/aromatic N) is 3. The first-order chi connectivity index (χ1) is 11.6. The van der Waals surface area contributed by atoms with E-state index in [1.165, 1.54) is 22.9 Å². The summed E-state index contributed by atoms with van der Waals surface area (Å²) in [5.41, 5.74) is 3.42. The van der Waals surface area contributed by atoms with Crippen molar-refractivity contribution >= 4 is 17.7 Å². The van der Waals surface area contributed by atoms with Gasteiger partial charge in [0.25, 0.3) is 0 Å². The lowest BCUT2D eigenvalue weighted by atomic mass is 10.1. The summed E-state index contributed by atoms with van der Waals surface area (Å²) in [6.07, 6.45) is 3.25. The average molecular weight is 342 g/mol. The number of aryl methyl sites for hydroxylation is 2. The Balaban J connectivity index is 1.61. The standard InChI is InChI=1S/C17H18N4O2S/c1-12-5-6-14(8-13(12)2)21-11-19-20-17(21)24-10-16(22)18-9-15-4-3-7-23-15/h3-8,11H,9-10H2,1-2H3,(H,18,22). The van der Waals surface area contributed by atoms with E-state index in [2.05, 4.69) is 41.5 Å². The van der Waals surface area contributed by atoms with E-state index < -0.39 is 0 Å². The third kappa shape index (κ3) is 3.86. The van der Waals surface area contributed by atoms with Crippen LogP contribution in [-0.4, -0.2) is 26.4 Å². The van der Waals surface area contributed by atoms with Crippen LogP contribution in [0.15, 0.2) is 52.5 Å². The second kappa shape index (κ2) is 7.35. The fraction of sp³-hybridized carbons (Fsp3) is 0.235. The summed E-state index contributed by atoms with van der Waals surface area (Å²) in [6, 6.07) is 9.79. The Bertz CT molecular complexity index is 827. The number of carbonyl (C=O) groups excluding carboxylic acids is 1. The third-order valence-electron chi connectivity index (χ3n) is 3.66. The van der Waals surface area contributed by atoms with Gasteiger partial charge in [0.2, 0.25) is 5.91 Å². The molecule has 2 heterocycles. The molecule has 124 valence electrons. The zero-order valence-electron chi connectivity index (χ0n) is 13.5. The predicted molar refractivity (Wildman–Crippen MR) is 92.1 cm³/mol. The van der Waals surface area contributed by atoms with E-state index in [0.717, 1.165) is 11.4 Å². The second-order valence-corrected chi connectivity index (χ2v) is 6.34. The van der Waals surface area contributed by atoms with Crippen LogP contribution in [0.2, 0.25) is 0 Å². The number of benzene rings is 1. The van der Waals surface area contributed by atoms with Crippen molar-refractivity contribution in [2.75, 3.05) is 5.75 Å². The van der Waals surface area contributed by atoms with Crippen molar-refractivity contribution in [2.45, 2.75) is 25.5 Å². The zero-order chi connectivity index (χ0) is 16.9. The molecule has 0 bridgehead atoms. The molecule has 0 atom stereocenters. The van der Waals surface area contributed by atoms with Crippen molar-refractivity contribution in [3.63, 3.8) is 0 Å². The molecule has 0 fully saturated rings. The van der Waals surface area contributed by atoms with Crippen LogP contribution < -0.4 is 5.32 Å². The van der Waals surface area contributed by atoms with Crippen molar-refractivity contribution in [1.29, 1.82) is 0 Å². The first-order valence-corrected chi connectivity index (χ1v) is 8.51. The number of furan rings is 1. The molecule has 3 aromatic rings. The van der Waals surface area contributed by atoms with Crippen LogP contribution in [-0.2, 0) is 11.3 Å². The van der Waals surface area contributed by atoms with Gasteiger partial charge in [-0.25, -0.2) is 0 Å². The van der Waals surface area contributed by atoms with Gasteiger partial charge in [-0.2, -0.15) is 0 Å². The normalized spacial score (nSPS) is 10.8. The molecule has 3 rings (SSSR count). The molecular formula is C17H18N4O2S. The highest BCUT2D eigenvalue weighted by molar-refractivity contribution is 7.99. The minimum absolute atomic E-state index is 0.0777. The third-order valence-corrected chi connectivity index (χ3v) is 4.60. The second-order valence-electron chi connectivity index (χ2n) is 5.40. The maximum Gasteiger partial charge on any atom is 0.230 e. The van der Waals surface area contributed by atoms with Gasteiger partial charge in [0.1, 0.15) is 12.1 Å². The summed E-state index contributed by atoms with van der Waals surface area (Å²) in [6.45, 7) is 4.53. The molecule has 0 aliphatic heterocycles. The monoisotopic (exact) mass is 342 g/mol. The fourth-order valence-electron chi connectivity index (χ4n) is 2.16. The van der Waals surface area contributed by atoms with Gasteiger partial charge in [0, 0.05) is 5.69 Å². The Morgan fingerprint density at radius 2 is 2.17 bits per heavy atom. The highest BCUT2D eigenvalue weighted by Crippen LogP contribution is 2.21. The molecule has 1 N–H and O–H groups in total. The number of thioether (sulfide) groups is 1. The summed E-state index contributed by atoms with van der Waals surface area (Å²) >= 11 is 1.35. The van der Waals surface area contributed by atoms with E-state index in [4.69, 9.17) is 4.42 Å². The van der Waals surface area contributed by atoms with Gasteiger partial charge in [0.05, 0.1) is 18.6 Å². The summed E-state index contributed by atoms with van der Waals surface area (Å²) in [4.78, 5) is 11.9. The molecule has 0 aliphatic rings. The first-order valence-electron chi connectivity index (χ1n) is 7.53. The smallest absolute Gasteiger partial charge is 0.230 e. The van der Waals surface area contributed by atoms with Crippen molar-refractivity contribution in [3.05, 3.63) is 59.8 Å². The van der Waals surface area contributed by atoms with Crippen molar-refractivity contribution in [2.24, 2.45) is 0 Å². The van der Waals surface area contributed by atoms with Gasteiger partial charge >= 0.3 is 0 Å². The van der Waals surface area contributed by atoms with Gasteiger partial charge in [-0.15, -0.1) is 10.2 Å². The van der Waals surface area contributed by atoms with Gasteiger partial charge in [-0.05, 0) is 49.2 Å². The van der Waals surface area contributed by atoms with E-state index in [-0.39, 0.29) is 11.7 Å². The Labute approximate surface area is 144 Å². The summed E-state index contributed by atoms with van der Waals surface area (Å²) in [7, 11) is 0. The Morgan fingerprint density at radius 3 is 2.92 bits per heavy atom. The van der Waals surface area contributed by atoms with E-state index in [0.29, 0.717) is 11.7 Å². The predicted octanol–water partition coefficient (Wildman–Crippen LogP) is 2.89. The molecule has 0 saturated heterocycles. The number of aromatic nitrogens is 3. The molecule has 0 saturated carbocycles. The van der Waals surface area contributed by atoms with Crippen LogP contribution in [0, 0.1) is 13.8 Å². The van der Waals surface area contributed by atoms with Crippen LogP contribution in [0.5, 0.6) is 0 Å². The largest absolute Gasteiger partial charge is 0.467 e. The Hall–Kier alpha value is -2.54. The van der Waals surface area contributed by atoms with Crippen LogP contribution in [0.25, 0.3) is 5.69 Å². The summed E-state index contributed by atoms with van der Waals surface area (Å²) < 4.78 is 7.07. The molecule has 1 amide bonds. The van der Waals surface area contributed by atoms with Gasteiger partial charge in [-0.1, -0.05) is 17.8 Å². The number of hydrogen-bond donors (Lipinski definition) is 1. The van der Waals surface area contributed by atoms with Crippen LogP contribution >= 0.6 is 11.8 Å². The Morgan fingerprint density at radius 1 is 1.29 bits per heavy atom. The van der Waals surface area contributed by atoms with Gasteiger partial charge < -0.3 is 9.73 Å². The molecule has 0 unspecified atom stereocenters. The molecule has 6 nitrogen and oxygen atoms in total. The minimum Gasteiger partial charge on any atom is -0.467 e. The van der Waals surface area contributed by atoms with Crippen LogP contribution in [0.4, 0.5) is 0 Å². The van der Waals surface area contributed by atoms with E-state index in [1.54, 1.807) is 18.7 Å². The van der Waals surface area contributed by atoms with Gasteiger partial charge in [0.15, 0.2) is 5.16 Å². The zero-order valence-corrected chi connectivity index (χ0v) is 14.3. The maximum atomic E-state index is 11.9. The summed E-state index contributed by atoms with van der Waals surface area (Å²) in [5.74, 6) is 0.919. The molecule has 0 spiro atoms. The quantitative estimate of drug-likeness (QED) is 0.697. The number of rotatable bonds is 6. The lowest BCUT2D eigenvalue weighted by Gasteiger charge is -2.08.